The van der Waals surface area contributed by atoms with Gasteiger partial charge < -0.3 is 9.15 Å². The standard InChI is InChI=1S/C21H21ClN2O3/c1-15-4-2-5-18(24-15)6-3-13-26-21(25)12-11-20-23-14-19(27-20)16-7-9-17(22)10-8-16/h2,4-5,7-10,14H,3,6,11-13H2,1H3. The van der Waals surface area contributed by atoms with Crippen LogP contribution in [0.2, 0.25) is 5.02 Å². The molecular formula is C21H21ClN2O3. The quantitative estimate of drug-likeness (QED) is 0.412. The van der Waals surface area contributed by atoms with Gasteiger partial charge in [-0.05, 0) is 56.2 Å². The third-order valence-corrected chi connectivity index (χ3v) is 4.26. The summed E-state index contributed by atoms with van der Waals surface area (Å²) in [4.78, 5) is 20.5. The first kappa shape index (κ1) is 19.1. The molecule has 1 aromatic carbocycles. The molecule has 0 amide bonds. The van der Waals surface area contributed by atoms with Crippen LogP contribution in [0, 0.1) is 6.92 Å². The Bertz CT molecular complexity index is 890. The first-order chi connectivity index (χ1) is 13.1. The molecule has 2 aromatic heterocycles. The summed E-state index contributed by atoms with van der Waals surface area (Å²) in [6, 6.07) is 13.2. The van der Waals surface area contributed by atoms with Gasteiger partial charge in [-0.3, -0.25) is 9.78 Å². The van der Waals surface area contributed by atoms with Crippen molar-refractivity contribution in [2.75, 3.05) is 6.61 Å². The highest BCUT2D eigenvalue weighted by Gasteiger charge is 2.10. The normalized spacial score (nSPS) is 10.7. The summed E-state index contributed by atoms with van der Waals surface area (Å²) in [6.07, 6.45) is 3.84. The lowest BCUT2D eigenvalue weighted by Crippen LogP contribution is -2.08. The van der Waals surface area contributed by atoms with Gasteiger partial charge in [0.05, 0.1) is 19.2 Å². The van der Waals surface area contributed by atoms with E-state index in [4.69, 9.17) is 20.8 Å². The molecule has 0 aliphatic heterocycles. The molecule has 140 valence electrons. The molecule has 0 radical (unpaired) electrons. The van der Waals surface area contributed by atoms with Crippen LogP contribution in [0.25, 0.3) is 11.3 Å². The van der Waals surface area contributed by atoms with Crippen LogP contribution in [0.15, 0.2) is 53.1 Å². The number of carbonyl (C=O) groups excluding carboxylic acids is 1. The van der Waals surface area contributed by atoms with Crippen LogP contribution >= 0.6 is 11.6 Å². The number of halogens is 1. The number of pyridine rings is 1. The second-order valence-corrected chi connectivity index (χ2v) is 6.66. The van der Waals surface area contributed by atoms with Crippen LogP contribution in [-0.4, -0.2) is 22.5 Å². The van der Waals surface area contributed by atoms with Gasteiger partial charge >= 0.3 is 5.97 Å². The van der Waals surface area contributed by atoms with Gasteiger partial charge in [0, 0.05) is 28.4 Å². The topological polar surface area (TPSA) is 65.2 Å². The van der Waals surface area contributed by atoms with E-state index in [0.717, 1.165) is 29.8 Å². The van der Waals surface area contributed by atoms with E-state index >= 15 is 0 Å². The zero-order chi connectivity index (χ0) is 19.1. The Hall–Kier alpha value is -2.66. The van der Waals surface area contributed by atoms with E-state index in [1.807, 2.05) is 37.3 Å². The zero-order valence-electron chi connectivity index (χ0n) is 15.2. The average molecular weight is 385 g/mol. The van der Waals surface area contributed by atoms with Gasteiger partial charge in [-0.15, -0.1) is 0 Å². The number of carbonyl (C=O) groups is 1. The number of oxazole rings is 1. The first-order valence-corrected chi connectivity index (χ1v) is 9.27. The predicted octanol–water partition coefficient (Wildman–Crippen LogP) is 4.81. The van der Waals surface area contributed by atoms with Crippen molar-refractivity contribution in [1.29, 1.82) is 0 Å². The van der Waals surface area contributed by atoms with Gasteiger partial charge in [-0.25, -0.2) is 4.98 Å². The minimum atomic E-state index is -0.251. The fourth-order valence-electron chi connectivity index (χ4n) is 2.63. The zero-order valence-corrected chi connectivity index (χ0v) is 15.9. The summed E-state index contributed by atoms with van der Waals surface area (Å²) in [5, 5.41) is 0.666. The Morgan fingerprint density at radius 1 is 1.15 bits per heavy atom. The molecular weight excluding hydrogens is 364 g/mol. The molecule has 3 aromatic rings. The number of aryl methyl sites for hydroxylation is 3. The molecule has 0 fully saturated rings. The van der Waals surface area contributed by atoms with Gasteiger partial charge in [0.25, 0.3) is 0 Å². The predicted molar refractivity (Wildman–Crippen MR) is 104 cm³/mol. The minimum Gasteiger partial charge on any atom is -0.466 e. The van der Waals surface area contributed by atoms with Crippen LogP contribution in [0.4, 0.5) is 0 Å². The smallest absolute Gasteiger partial charge is 0.306 e. The van der Waals surface area contributed by atoms with Gasteiger partial charge in [-0.1, -0.05) is 17.7 Å². The maximum atomic E-state index is 11.9. The molecule has 0 saturated carbocycles. The number of aromatic nitrogens is 2. The molecule has 0 bridgehead atoms. The Morgan fingerprint density at radius 2 is 1.96 bits per heavy atom. The molecule has 0 atom stereocenters. The average Bonchev–Trinajstić information content (AvgIpc) is 3.13. The van der Waals surface area contributed by atoms with E-state index in [1.54, 1.807) is 18.3 Å². The van der Waals surface area contributed by atoms with Crippen LogP contribution in [0.1, 0.15) is 30.1 Å². The highest BCUT2D eigenvalue weighted by molar-refractivity contribution is 6.30. The third-order valence-electron chi connectivity index (χ3n) is 4.01. The Balaban J connectivity index is 1.38. The van der Waals surface area contributed by atoms with E-state index in [2.05, 4.69) is 9.97 Å². The lowest BCUT2D eigenvalue weighted by molar-refractivity contribution is -0.143. The largest absolute Gasteiger partial charge is 0.466 e. The van der Waals surface area contributed by atoms with Crippen LogP contribution in [0.5, 0.6) is 0 Å². The molecule has 0 aliphatic rings. The number of hydrogen-bond donors (Lipinski definition) is 0. The molecule has 0 saturated heterocycles. The van der Waals surface area contributed by atoms with Gasteiger partial charge in [-0.2, -0.15) is 0 Å². The summed E-state index contributed by atoms with van der Waals surface area (Å²) < 4.78 is 11.0. The maximum absolute atomic E-state index is 11.9. The number of rotatable bonds is 8. The minimum absolute atomic E-state index is 0.239. The van der Waals surface area contributed by atoms with Gasteiger partial charge in [0.15, 0.2) is 11.7 Å². The van der Waals surface area contributed by atoms with Crippen molar-refractivity contribution in [2.45, 2.75) is 32.6 Å². The number of esters is 1. The molecule has 27 heavy (non-hydrogen) atoms. The summed E-state index contributed by atoms with van der Waals surface area (Å²) >= 11 is 5.88. The van der Waals surface area contributed by atoms with Crippen molar-refractivity contribution in [1.82, 2.24) is 9.97 Å². The van der Waals surface area contributed by atoms with Gasteiger partial charge in [0.2, 0.25) is 0 Å². The highest BCUT2D eigenvalue weighted by atomic mass is 35.5. The maximum Gasteiger partial charge on any atom is 0.306 e. The Kier molecular flexibility index (Phi) is 6.60. The van der Waals surface area contributed by atoms with Crippen molar-refractivity contribution in [3.05, 3.63) is 71.0 Å². The number of ether oxygens (including phenoxy) is 1. The number of benzene rings is 1. The van der Waals surface area contributed by atoms with Crippen molar-refractivity contribution in [3.63, 3.8) is 0 Å². The molecule has 0 unspecified atom stereocenters. The lowest BCUT2D eigenvalue weighted by Gasteiger charge is -2.04. The van der Waals surface area contributed by atoms with E-state index in [9.17, 15) is 4.79 Å². The Labute approximate surface area is 163 Å². The van der Waals surface area contributed by atoms with Gasteiger partial charge in [0.1, 0.15) is 0 Å². The number of nitrogens with zero attached hydrogens (tertiary/aromatic N) is 2. The summed E-state index contributed by atoms with van der Waals surface area (Å²) in [6.45, 7) is 2.35. The van der Waals surface area contributed by atoms with Crippen molar-refractivity contribution in [2.24, 2.45) is 0 Å². The van der Waals surface area contributed by atoms with E-state index < -0.39 is 0 Å². The second kappa shape index (κ2) is 9.33. The summed E-state index contributed by atoms with van der Waals surface area (Å²) in [7, 11) is 0. The fourth-order valence-corrected chi connectivity index (χ4v) is 2.76. The van der Waals surface area contributed by atoms with Crippen LogP contribution in [-0.2, 0) is 22.4 Å². The van der Waals surface area contributed by atoms with E-state index in [0.29, 0.717) is 29.7 Å². The SMILES string of the molecule is Cc1cccc(CCCOC(=O)CCc2ncc(-c3ccc(Cl)cc3)o2)n1. The van der Waals surface area contributed by atoms with Crippen molar-refractivity contribution >= 4 is 17.6 Å². The molecule has 5 nitrogen and oxygen atoms in total. The third kappa shape index (κ3) is 5.93. The fraction of sp³-hybridized carbons (Fsp3) is 0.286. The second-order valence-electron chi connectivity index (χ2n) is 6.22. The van der Waals surface area contributed by atoms with Crippen LogP contribution in [0.3, 0.4) is 0 Å². The van der Waals surface area contributed by atoms with E-state index in [1.165, 1.54) is 0 Å². The van der Waals surface area contributed by atoms with Crippen molar-refractivity contribution < 1.29 is 13.9 Å². The first-order valence-electron chi connectivity index (χ1n) is 8.89. The number of hydrogen-bond acceptors (Lipinski definition) is 5. The molecule has 6 heteroatoms. The molecule has 3 rings (SSSR count). The molecule has 0 N–H and O–H groups in total. The summed E-state index contributed by atoms with van der Waals surface area (Å²) in [5.41, 5.74) is 2.90. The lowest BCUT2D eigenvalue weighted by atomic mass is 10.2. The van der Waals surface area contributed by atoms with E-state index in [-0.39, 0.29) is 12.4 Å². The van der Waals surface area contributed by atoms with Crippen molar-refractivity contribution in [3.8, 4) is 11.3 Å². The summed E-state index contributed by atoms with van der Waals surface area (Å²) in [5.74, 6) is 0.917. The monoisotopic (exact) mass is 384 g/mol. The Morgan fingerprint density at radius 3 is 2.74 bits per heavy atom. The molecule has 2 heterocycles. The highest BCUT2D eigenvalue weighted by Crippen LogP contribution is 2.22. The van der Waals surface area contributed by atoms with Crippen LogP contribution < -0.4 is 0 Å². The molecule has 0 spiro atoms. The molecule has 0 aliphatic carbocycles.